The highest BCUT2D eigenvalue weighted by atomic mass is 19.2. The minimum atomic E-state index is -0.889. The van der Waals surface area contributed by atoms with Crippen LogP contribution in [-0.2, 0) is 17.7 Å². The van der Waals surface area contributed by atoms with Crippen LogP contribution in [0.4, 0.5) is 13.6 Å². The van der Waals surface area contributed by atoms with Crippen LogP contribution in [0.2, 0.25) is 0 Å². The number of piperidine rings is 1. The molecule has 0 spiro atoms. The minimum Gasteiger partial charge on any atom is -0.440 e. The van der Waals surface area contributed by atoms with Gasteiger partial charge < -0.3 is 15.4 Å². The zero-order valence-corrected chi connectivity index (χ0v) is 21.4. The summed E-state index contributed by atoms with van der Waals surface area (Å²) in [6, 6.07) is 11.3. The number of halogens is 2. The number of aromatic nitrogens is 4. The number of aryl methyl sites for hydroxylation is 1. The molecule has 4 heterocycles. The number of hydrogen-bond donors (Lipinski definition) is 2. The van der Waals surface area contributed by atoms with Crippen molar-refractivity contribution < 1.29 is 18.3 Å². The highest BCUT2D eigenvalue weighted by molar-refractivity contribution is 5.70. The Kier molecular flexibility index (Phi) is 7.97. The topological polar surface area (TPSA) is 119 Å². The van der Waals surface area contributed by atoms with E-state index in [1.807, 2.05) is 12.1 Å². The van der Waals surface area contributed by atoms with Crippen molar-refractivity contribution in [2.24, 2.45) is 5.73 Å². The van der Waals surface area contributed by atoms with E-state index in [-0.39, 0.29) is 30.3 Å². The molecule has 1 amide bonds. The maximum absolute atomic E-state index is 14.1. The molecule has 3 N–H and O–H groups in total. The number of ether oxygens (including phenoxy) is 1. The first-order valence-electron chi connectivity index (χ1n) is 13.0. The van der Waals surface area contributed by atoms with Crippen molar-refractivity contribution in [3.05, 3.63) is 93.8 Å². The Balaban J connectivity index is 1.26. The molecule has 1 atom stereocenters. The number of hydrogen-bond acceptors (Lipinski definition) is 6. The Hall–Kier alpha value is -4.12. The highest BCUT2D eigenvalue weighted by Crippen LogP contribution is 2.29. The SMILES string of the molecule is NCc1cccnc1C(CCCc1cccc(F)c1F)OC(=O)N1CCC(n2c(=O)[nH]c3ncccc32)CC1. The fourth-order valence-electron chi connectivity index (χ4n) is 5.21. The second-order valence-electron chi connectivity index (χ2n) is 9.62. The van der Waals surface area contributed by atoms with Gasteiger partial charge in [0.25, 0.3) is 0 Å². The molecule has 1 unspecified atom stereocenters. The Labute approximate surface area is 223 Å². The van der Waals surface area contributed by atoms with Gasteiger partial charge in [-0.2, -0.15) is 0 Å². The third-order valence-corrected chi connectivity index (χ3v) is 7.22. The number of pyridine rings is 2. The number of H-pyrrole nitrogens is 1. The fraction of sp³-hybridized carbons (Fsp3) is 0.357. The van der Waals surface area contributed by atoms with E-state index in [0.717, 1.165) is 17.1 Å². The van der Waals surface area contributed by atoms with Crippen molar-refractivity contribution in [1.29, 1.82) is 0 Å². The number of carbonyl (C=O) groups is 1. The van der Waals surface area contributed by atoms with E-state index < -0.39 is 23.8 Å². The summed E-state index contributed by atoms with van der Waals surface area (Å²) in [4.78, 5) is 38.8. The van der Waals surface area contributed by atoms with Gasteiger partial charge in [-0.25, -0.2) is 23.4 Å². The number of nitrogens with zero attached hydrogens (tertiary/aromatic N) is 4. The largest absolute Gasteiger partial charge is 0.440 e. The van der Waals surface area contributed by atoms with Crippen molar-refractivity contribution in [1.82, 2.24) is 24.4 Å². The first kappa shape index (κ1) is 26.5. The summed E-state index contributed by atoms with van der Waals surface area (Å²) in [6.07, 6.45) is 4.30. The standard InChI is InChI=1S/C28H30F2N6O3/c29-21-8-1-5-18(24(21)30)6-2-10-23(25-19(17-31)7-3-13-32-25)39-28(38)35-15-11-20(12-16-35)36-22-9-4-14-33-26(22)34-27(36)37/h1,3-5,7-9,13-14,20,23H,2,6,10-12,15-17,31H2,(H,33,34,37). The predicted molar refractivity (Wildman–Crippen MR) is 141 cm³/mol. The van der Waals surface area contributed by atoms with Gasteiger partial charge in [0.15, 0.2) is 17.3 Å². The summed E-state index contributed by atoms with van der Waals surface area (Å²) in [5, 5.41) is 0. The number of amides is 1. The third-order valence-electron chi connectivity index (χ3n) is 7.22. The lowest BCUT2D eigenvalue weighted by Gasteiger charge is -2.33. The average molecular weight is 537 g/mol. The average Bonchev–Trinajstić information content (AvgIpc) is 3.30. The molecule has 0 bridgehead atoms. The maximum Gasteiger partial charge on any atom is 0.410 e. The lowest BCUT2D eigenvalue weighted by molar-refractivity contribution is 0.0467. The molecule has 1 fully saturated rings. The predicted octanol–water partition coefficient (Wildman–Crippen LogP) is 4.39. The smallest absolute Gasteiger partial charge is 0.410 e. The summed E-state index contributed by atoms with van der Waals surface area (Å²) >= 11 is 0. The quantitative estimate of drug-likeness (QED) is 0.345. The number of carbonyl (C=O) groups excluding carboxylic acids is 1. The van der Waals surface area contributed by atoms with E-state index in [2.05, 4.69) is 15.0 Å². The van der Waals surface area contributed by atoms with Crippen LogP contribution >= 0.6 is 0 Å². The van der Waals surface area contributed by atoms with Crippen LogP contribution in [0, 0.1) is 11.6 Å². The molecule has 0 radical (unpaired) electrons. The molecule has 9 nitrogen and oxygen atoms in total. The number of rotatable bonds is 8. The van der Waals surface area contributed by atoms with Crippen LogP contribution < -0.4 is 11.4 Å². The number of fused-ring (bicyclic) bond motifs is 1. The molecule has 5 rings (SSSR count). The number of nitrogens with two attached hydrogens (primary N) is 1. The molecular weight excluding hydrogens is 506 g/mol. The van der Waals surface area contributed by atoms with Crippen LogP contribution in [-0.4, -0.2) is 43.6 Å². The lowest BCUT2D eigenvalue weighted by atomic mass is 10.0. The van der Waals surface area contributed by atoms with Crippen LogP contribution in [0.3, 0.4) is 0 Å². The molecule has 204 valence electrons. The molecule has 3 aromatic heterocycles. The Bertz CT molecular complexity index is 1510. The molecule has 1 aliphatic rings. The lowest BCUT2D eigenvalue weighted by Crippen LogP contribution is -2.41. The summed E-state index contributed by atoms with van der Waals surface area (Å²) in [6.45, 7) is 1.04. The fourth-order valence-corrected chi connectivity index (χ4v) is 5.21. The van der Waals surface area contributed by atoms with Gasteiger partial charge in [0.1, 0.15) is 6.10 Å². The summed E-state index contributed by atoms with van der Waals surface area (Å²) in [5.74, 6) is -1.75. The molecule has 39 heavy (non-hydrogen) atoms. The minimum absolute atomic E-state index is 0.0731. The normalized spacial score (nSPS) is 15.0. The van der Waals surface area contributed by atoms with Gasteiger partial charge in [0.2, 0.25) is 0 Å². The van der Waals surface area contributed by atoms with Gasteiger partial charge in [-0.15, -0.1) is 0 Å². The molecule has 0 aliphatic carbocycles. The number of aromatic amines is 1. The number of benzene rings is 1. The van der Waals surface area contributed by atoms with Gasteiger partial charge in [0.05, 0.1) is 11.2 Å². The van der Waals surface area contributed by atoms with Crippen molar-refractivity contribution in [3.8, 4) is 0 Å². The van der Waals surface area contributed by atoms with Gasteiger partial charge in [-0.1, -0.05) is 18.2 Å². The van der Waals surface area contributed by atoms with Crippen molar-refractivity contribution in [3.63, 3.8) is 0 Å². The van der Waals surface area contributed by atoms with Crippen LogP contribution in [0.5, 0.6) is 0 Å². The summed E-state index contributed by atoms with van der Waals surface area (Å²) < 4.78 is 35.4. The first-order valence-corrected chi connectivity index (χ1v) is 13.0. The highest BCUT2D eigenvalue weighted by Gasteiger charge is 2.29. The maximum atomic E-state index is 14.1. The van der Waals surface area contributed by atoms with Crippen molar-refractivity contribution >= 4 is 17.3 Å². The molecule has 1 saturated heterocycles. The Morgan fingerprint density at radius 1 is 1.08 bits per heavy atom. The second-order valence-corrected chi connectivity index (χ2v) is 9.62. The Morgan fingerprint density at radius 2 is 1.82 bits per heavy atom. The molecular formula is C28H30F2N6O3. The van der Waals surface area contributed by atoms with Crippen LogP contribution in [0.15, 0.2) is 59.7 Å². The summed E-state index contributed by atoms with van der Waals surface area (Å²) in [5.41, 5.74) is 8.55. The number of nitrogens with one attached hydrogen (secondary N) is 1. The molecule has 11 heteroatoms. The Morgan fingerprint density at radius 3 is 2.62 bits per heavy atom. The second kappa shape index (κ2) is 11.7. The number of likely N-dealkylation sites (tertiary alicyclic amines) is 1. The van der Waals surface area contributed by atoms with E-state index >= 15 is 0 Å². The van der Waals surface area contributed by atoms with E-state index in [1.54, 1.807) is 40.1 Å². The molecule has 0 saturated carbocycles. The van der Waals surface area contributed by atoms with Gasteiger partial charge >= 0.3 is 11.8 Å². The summed E-state index contributed by atoms with van der Waals surface area (Å²) in [7, 11) is 0. The molecule has 1 aliphatic heterocycles. The third kappa shape index (κ3) is 5.68. The van der Waals surface area contributed by atoms with Crippen molar-refractivity contribution in [2.45, 2.75) is 50.8 Å². The van der Waals surface area contributed by atoms with Gasteiger partial charge in [-0.05, 0) is 67.5 Å². The zero-order valence-electron chi connectivity index (χ0n) is 21.4. The zero-order chi connectivity index (χ0) is 27.4. The molecule has 1 aromatic carbocycles. The van der Waals surface area contributed by atoms with Gasteiger partial charge in [-0.3, -0.25) is 14.5 Å². The van der Waals surface area contributed by atoms with Crippen molar-refractivity contribution in [2.75, 3.05) is 13.1 Å². The molecule has 4 aromatic rings. The van der Waals surface area contributed by atoms with E-state index in [1.165, 1.54) is 6.07 Å². The first-order chi connectivity index (χ1) is 19.0. The number of imidazole rings is 1. The van der Waals surface area contributed by atoms with E-state index in [0.29, 0.717) is 50.1 Å². The van der Waals surface area contributed by atoms with Crippen LogP contribution in [0.1, 0.15) is 54.6 Å². The monoisotopic (exact) mass is 536 g/mol. The van der Waals surface area contributed by atoms with Crippen LogP contribution in [0.25, 0.3) is 11.2 Å². The van der Waals surface area contributed by atoms with E-state index in [9.17, 15) is 18.4 Å². The van der Waals surface area contributed by atoms with E-state index in [4.69, 9.17) is 10.5 Å². The van der Waals surface area contributed by atoms with Gasteiger partial charge in [0, 0.05) is 38.1 Å².